The molecule has 1 unspecified atom stereocenters. The van der Waals surface area contributed by atoms with E-state index in [1.807, 2.05) is 36.4 Å². The van der Waals surface area contributed by atoms with Crippen LogP contribution in [0.25, 0.3) is 11.3 Å². The van der Waals surface area contributed by atoms with Crippen LogP contribution in [0.2, 0.25) is 5.02 Å². The largest absolute Gasteiger partial charge is 0.339 e. The third kappa shape index (κ3) is 3.59. The van der Waals surface area contributed by atoms with Gasteiger partial charge in [0.05, 0.1) is 11.7 Å². The van der Waals surface area contributed by atoms with Crippen LogP contribution in [0.4, 0.5) is 5.95 Å². The van der Waals surface area contributed by atoms with E-state index < -0.39 is 0 Å². The van der Waals surface area contributed by atoms with Crippen molar-refractivity contribution in [3.05, 3.63) is 75.8 Å². The number of anilines is 1. The Labute approximate surface area is 162 Å². The van der Waals surface area contributed by atoms with E-state index in [-0.39, 0.29) is 11.6 Å². The van der Waals surface area contributed by atoms with Gasteiger partial charge >= 0.3 is 0 Å². The molecule has 3 aromatic rings. The average Bonchev–Trinajstić information content (AvgIpc) is 2.71. The number of hydrogen-bond donors (Lipinski definition) is 1. The fourth-order valence-electron chi connectivity index (χ4n) is 3.38. The van der Waals surface area contributed by atoms with Gasteiger partial charge in [0.1, 0.15) is 0 Å². The van der Waals surface area contributed by atoms with E-state index in [9.17, 15) is 4.79 Å². The lowest BCUT2D eigenvalue weighted by Gasteiger charge is -2.35. The molecule has 4 rings (SSSR count). The second-order valence-electron chi connectivity index (χ2n) is 6.55. The van der Waals surface area contributed by atoms with E-state index in [0.717, 1.165) is 29.2 Å². The van der Waals surface area contributed by atoms with Crippen LogP contribution in [0.3, 0.4) is 0 Å². The van der Waals surface area contributed by atoms with E-state index in [4.69, 9.17) is 16.6 Å². The lowest BCUT2D eigenvalue weighted by molar-refractivity contribution is 0.462. The van der Waals surface area contributed by atoms with Crippen LogP contribution in [-0.4, -0.2) is 34.2 Å². The molecule has 0 aliphatic carbocycles. The van der Waals surface area contributed by atoms with E-state index in [0.29, 0.717) is 18.2 Å². The number of halogens is 1. The van der Waals surface area contributed by atoms with Gasteiger partial charge in [0.15, 0.2) is 0 Å². The number of piperazine rings is 1. The first-order chi connectivity index (χ1) is 13.1. The van der Waals surface area contributed by atoms with Crippen LogP contribution in [0, 0.1) is 0 Å². The Bertz CT molecular complexity index is 1000. The maximum absolute atomic E-state index is 12.5. The first-order valence-electron chi connectivity index (χ1n) is 8.85. The first kappa shape index (κ1) is 17.7. The quantitative estimate of drug-likeness (QED) is 0.755. The predicted molar refractivity (Wildman–Crippen MR) is 107 cm³/mol. The summed E-state index contributed by atoms with van der Waals surface area (Å²) in [5.41, 5.74) is 2.50. The van der Waals surface area contributed by atoms with Crippen LogP contribution in [0.15, 0.2) is 59.7 Å². The molecule has 2 aromatic heterocycles. The molecular formula is C20H20ClN5O. The Kier molecular flexibility index (Phi) is 4.92. The topological polar surface area (TPSA) is 63.1 Å². The summed E-state index contributed by atoms with van der Waals surface area (Å²) in [4.78, 5) is 23.5. The first-order valence-corrected chi connectivity index (χ1v) is 9.22. The van der Waals surface area contributed by atoms with E-state index in [1.54, 1.807) is 30.1 Å². The molecule has 0 bridgehead atoms. The number of benzene rings is 1. The zero-order chi connectivity index (χ0) is 18.8. The minimum atomic E-state index is -0.0837. The summed E-state index contributed by atoms with van der Waals surface area (Å²) in [6, 6.07) is 13.2. The average molecular weight is 382 g/mol. The van der Waals surface area contributed by atoms with Crippen molar-refractivity contribution in [2.24, 2.45) is 7.05 Å². The van der Waals surface area contributed by atoms with Gasteiger partial charge in [0.2, 0.25) is 5.95 Å². The van der Waals surface area contributed by atoms with Gasteiger partial charge in [-0.2, -0.15) is 0 Å². The fraction of sp³-hybridized carbons (Fsp3) is 0.250. The number of nitrogens with zero attached hydrogens (tertiary/aromatic N) is 4. The van der Waals surface area contributed by atoms with Crippen molar-refractivity contribution >= 4 is 17.5 Å². The van der Waals surface area contributed by atoms with Crippen LogP contribution in [-0.2, 0) is 7.05 Å². The molecule has 1 atom stereocenters. The highest BCUT2D eigenvalue weighted by atomic mass is 35.5. The lowest BCUT2D eigenvalue weighted by atomic mass is 10.0. The highest BCUT2D eigenvalue weighted by molar-refractivity contribution is 6.31. The number of nitrogens with one attached hydrogen (secondary N) is 1. The summed E-state index contributed by atoms with van der Waals surface area (Å²) in [6.07, 6.45) is 3.40. The normalized spacial score (nSPS) is 17.1. The van der Waals surface area contributed by atoms with Gasteiger partial charge < -0.3 is 10.2 Å². The summed E-state index contributed by atoms with van der Waals surface area (Å²) >= 11 is 6.38. The molecule has 1 aliphatic rings. The number of hydrogen-bond acceptors (Lipinski definition) is 5. The summed E-state index contributed by atoms with van der Waals surface area (Å²) in [6.45, 7) is 2.23. The molecular weight excluding hydrogens is 362 g/mol. The summed E-state index contributed by atoms with van der Waals surface area (Å²) in [5.74, 6) is 0.660. The van der Waals surface area contributed by atoms with Crippen molar-refractivity contribution in [1.29, 1.82) is 0 Å². The van der Waals surface area contributed by atoms with Gasteiger partial charge in [0.25, 0.3) is 5.56 Å². The maximum atomic E-state index is 12.5. The molecule has 1 saturated heterocycles. The molecule has 138 valence electrons. The Morgan fingerprint density at radius 2 is 1.96 bits per heavy atom. The molecule has 0 amide bonds. The number of pyridine rings is 1. The highest BCUT2D eigenvalue weighted by Crippen LogP contribution is 2.27. The Hall–Kier alpha value is -2.70. The molecule has 3 heterocycles. The standard InChI is InChI=1S/C20H20ClN5O/c1-25-19(27)12-17(14-6-8-22-9-7-14)24-20(25)26-11-10-23-18(13-26)15-4-2-3-5-16(15)21/h2-9,12,18,23H,10-11,13H2,1H3. The van der Waals surface area contributed by atoms with Gasteiger partial charge in [-0.05, 0) is 23.8 Å². The molecule has 0 saturated carbocycles. The molecule has 27 heavy (non-hydrogen) atoms. The molecule has 6 nitrogen and oxygen atoms in total. The minimum absolute atomic E-state index is 0.0777. The molecule has 1 fully saturated rings. The Morgan fingerprint density at radius 1 is 1.19 bits per heavy atom. The summed E-state index contributed by atoms with van der Waals surface area (Å²) in [7, 11) is 1.76. The van der Waals surface area contributed by atoms with Crippen molar-refractivity contribution in [1.82, 2.24) is 19.9 Å². The van der Waals surface area contributed by atoms with Crippen LogP contribution < -0.4 is 15.8 Å². The second-order valence-corrected chi connectivity index (χ2v) is 6.96. The van der Waals surface area contributed by atoms with Crippen LogP contribution >= 0.6 is 11.6 Å². The van der Waals surface area contributed by atoms with Gasteiger partial charge in [0, 0.05) is 55.7 Å². The third-order valence-corrected chi connectivity index (χ3v) is 5.17. The van der Waals surface area contributed by atoms with Crippen molar-refractivity contribution in [3.8, 4) is 11.3 Å². The van der Waals surface area contributed by atoms with E-state index in [2.05, 4.69) is 15.2 Å². The van der Waals surface area contributed by atoms with Crippen LogP contribution in [0.1, 0.15) is 11.6 Å². The zero-order valence-electron chi connectivity index (χ0n) is 15.0. The minimum Gasteiger partial charge on any atom is -0.339 e. The van der Waals surface area contributed by atoms with E-state index >= 15 is 0 Å². The second kappa shape index (κ2) is 7.50. The van der Waals surface area contributed by atoms with Gasteiger partial charge in [-0.3, -0.25) is 14.3 Å². The Balaban J connectivity index is 1.69. The molecule has 7 heteroatoms. The van der Waals surface area contributed by atoms with Crippen LogP contribution in [0.5, 0.6) is 0 Å². The van der Waals surface area contributed by atoms with Crippen molar-refractivity contribution in [2.75, 3.05) is 24.5 Å². The van der Waals surface area contributed by atoms with Gasteiger partial charge in [-0.15, -0.1) is 0 Å². The highest BCUT2D eigenvalue weighted by Gasteiger charge is 2.25. The monoisotopic (exact) mass is 381 g/mol. The van der Waals surface area contributed by atoms with Crippen molar-refractivity contribution in [3.63, 3.8) is 0 Å². The van der Waals surface area contributed by atoms with Crippen molar-refractivity contribution < 1.29 is 0 Å². The SMILES string of the molecule is Cn1c(N2CCNC(c3ccccc3Cl)C2)nc(-c2ccncc2)cc1=O. The molecule has 1 aromatic carbocycles. The lowest BCUT2D eigenvalue weighted by Crippen LogP contribution is -2.47. The smallest absolute Gasteiger partial charge is 0.255 e. The fourth-order valence-corrected chi connectivity index (χ4v) is 3.65. The maximum Gasteiger partial charge on any atom is 0.255 e. The summed E-state index contributed by atoms with van der Waals surface area (Å²) in [5, 5.41) is 4.25. The summed E-state index contributed by atoms with van der Waals surface area (Å²) < 4.78 is 1.60. The molecule has 1 N–H and O–H groups in total. The third-order valence-electron chi connectivity index (χ3n) is 4.83. The predicted octanol–water partition coefficient (Wildman–Crippen LogP) is 2.65. The molecule has 0 spiro atoms. The Morgan fingerprint density at radius 3 is 2.74 bits per heavy atom. The van der Waals surface area contributed by atoms with E-state index in [1.165, 1.54) is 0 Å². The molecule has 0 radical (unpaired) electrons. The van der Waals surface area contributed by atoms with Crippen molar-refractivity contribution in [2.45, 2.75) is 6.04 Å². The number of aromatic nitrogens is 3. The number of rotatable bonds is 3. The zero-order valence-corrected chi connectivity index (χ0v) is 15.7. The van der Waals surface area contributed by atoms with Gasteiger partial charge in [-0.25, -0.2) is 4.98 Å². The van der Waals surface area contributed by atoms with Gasteiger partial charge in [-0.1, -0.05) is 29.8 Å². The molecule has 1 aliphatic heterocycles.